The van der Waals surface area contributed by atoms with Gasteiger partial charge in [0.1, 0.15) is 16.3 Å². The molecule has 190 valence electrons. The molecular formula is C25H18Cl2N3NaO6S. The molecule has 0 spiro atoms. The van der Waals surface area contributed by atoms with Crippen LogP contribution in [0, 0.1) is 6.92 Å². The number of ether oxygens (including phenoxy) is 1. The van der Waals surface area contributed by atoms with E-state index >= 15 is 0 Å². The summed E-state index contributed by atoms with van der Waals surface area (Å²) in [4.78, 5) is 12.6. The van der Waals surface area contributed by atoms with Gasteiger partial charge in [-0.05, 0) is 42.1 Å². The Balaban J connectivity index is 0.00000400. The minimum absolute atomic E-state index is 0. The Morgan fingerprint density at radius 3 is 2.39 bits per heavy atom. The van der Waals surface area contributed by atoms with Crippen molar-refractivity contribution in [2.45, 2.75) is 11.8 Å². The summed E-state index contributed by atoms with van der Waals surface area (Å²) >= 11 is 12.2. The molecule has 0 heterocycles. The molecule has 13 heteroatoms. The van der Waals surface area contributed by atoms with Crippen molar-refractivity contribution in [3.8, 4) is 11.5 Å². The van der Waals surface area contributed by atoms with Gasteiger partial charge < -0.3 is 15.2 Å². The van der Waals surface area contributed by atoms with Crippen LogP contribution in [0.25, 0.3) is 10.8 Å². The first-order valence-corrected chi connectivity index (χ1v) is 12.8. The summed E-state index contributed by atoms with van der Waals surface area (Å²) in [5.74, 6) is -1.12. The Bertz CT molecular complexity index is 1700. The first kappa shape index (κ1) is 29.9. The second-order valence-corrected chi connectivity index (χ2v) is 10.0. The van der Waals surface area contributed by atoms with Crippen molar-refractivity contribution < 1.29 is 57.2 Å². The summed E-state index contributed by atoms with van der Waals surface area (Å²) in [6.07, 6.45) is 0. The van der Waals surface area contributed by atoms with Gasteiger partial charge in [0.05, 0.1) is 23.5 Å². The number of rotatable bonds is 6. The second-order valence-electron chi connectivity index (χ2n) is 7.84. The second kappa shape index (κ2) is 12.0. The molecule has 0 saturated heterocycles. The van der Waals surface area contributed by atoms with Crippen LogP contribution in [0.15, 0.2) is 75.8 Å². The van der Waals surface area contributed by atoms with E-state index in [-0.39, 0.29) is 51.5 Å². The monoisotopic (exact) mass is 581 g/mol. The number of azo groups is 1. The number of benzene rings is 4. The first-order chi connectivity index (χ1) is 17.5. The maximum atomic E-state index is 13.4. The number of nitrogens with one attached hydrogen (secondary N) is 1. The van der Waals surface area contributed by atoms with Crippen molar-refractivity contribution in [2.75, 3.05) is 12.4 Å². The summed E-state index contributed by atoms with van der Waals surface area (Å²) in [6, 6.07) is 15.3. The first-order valence-electron chi connectivity index (χ1n) is 10.6. The number of fused-ring (bicyclic) bond motifs is 1. The molecule has 0 aliphatic rings. The fraction of sp³-hybridized carbons (Fsp3) is 0.0800. The van der Waals surface area contributed by atoms with Crippen molar-refractivity contribution in [2.24, 2.45) is 10.2 Å². The number of anilines is 1. The smallest absolute Gasteiger partial charge is 0.870 e. The molecule has 38 heavy (non-hydrogen) atoms. The van der Waals surface area contributed by atoms with Gasteiger partial charge in [-0.2, -0.15) is 13.5 Å². The molecule has 4 aromatic carbocycles. The van der Waals surface area contributed by atoms with E-state index in [1.807, 2.05) is 0 Å². The number of nitrogens with zero attached hydrogens (tertiary/aromatic N) is 2. The third kappa shape index (κ3) is 6.13. The van der Waals surface area contributed by atoms with Crippen molar-refractivity contribution in [3.63, 3.8) is 0 Å². The van der Waals surface area contributed by atoms with Gasteiger partial charge in [0.2, 0.25) is 0 Å². The minimum atomic E-state index is -4.62. The zero-order valence-corrected chi connectivity index (χ0v) is 24.6. The number of hydrogen-bond acceptors (Lipinski definition) is 7. The molecule has 0 atom stereocenters. The predicted octanol–water partition coefficient (Wildman–Crippen LogP) is 3.46. The van der Waals surface area contributed by atoms with Crippen molar-refractivity contribution >= 4 is 67.1 Å². The number of hydrogen-bond donors (Lipinski definition) is 2. The van der Waals surface area contributed by atoms with Gasteiger partial charge >= 0.3 is 29.6 Å². The van der Waals surface area contributed by atoms with E-state index in [0.29, 0.717) is 32.8 Å². The topological polar surface area (TPSA) is 140 Å². The van der Waals surface area contributed by atoms with Crippen molar-refractivity contribution in [1.82, 2.24) is 0 Å². The molecule has 0 unspecified atom stereocenters. The summed E-state index contributed by atoms with van der Waals surface area (Å²) in [6.45, 7) is 1.60. The van der Waals surface area contributed by atoms with Gasteiger partial charge in [-0.25, -0.2) is 0 Å². The van der Waals surface area contributed by atoms with Gasteiger partial charge in [0, 0.05) is 22.0 Å². The largest absolute Gasteiger partial charge is 1.00 e. The van der Waals surface area contributed by atoms with Crippen LogP contribution in [0.4, 0.5) is 17.1 Å². The van der Waals surface area contributed by atoms with E-state index < -0.39 is 26.7 Å². The standard InChI is InChI=1S/C25H19Cl2N3O6S.Na/c1-13-7-10-20(37(33,34)35)21(27)22(13)29-30-23-16-6-4-3-5-14(16)11-17(24(23)31)25(32)28-18-9-8-15(26)12-19(18)36-2;/h3-12,31H,1-2H3,(H,28,32)(H,33,34,35);/q;+1/p-1. The van der Waals surface area contributed by atoms with E-state index in [9.17, 15) is 22.9 Å². The van der Waals surface area contributed by atoms with Gasteiger partial charge in [0.15, 0.2) is 0 Å². The normalized spacial score (nSPS) is 11.4. The van der Waals surface area contributed by atoms with Crippen LogP contribution < -0.4 is 44.7 Å². The summed E-state index contributed by atoms with van der Waals surface area (Å²) in [5, 5.41) is 25.2. The molecular weight excluding hydrogens is 564 g/mol. The molecule has 0 bridgehead atoms. The Labute approximate surface area is 250 Å². The van der Waals surface area contributed by atoms with E-state index in [2.05, 4.69) is 15.5 Å². The van der Waals surface area contributed by atoms with Crippen LogP contribution in [-0.4, -0.2) is 26.0 Å². The van der Waals surface area contributed by atoms with Crippen LogP contribution in [0.2, 0.25) is 10.0 Å². The summed E-state index contributed by atoms with van der Waals surface area (Å²) in [7, 11) is -3.21. The van der Waals surface area contributed by atoms with E-state index in [1.165, 1.54) is 31.4 Å². The van der Waals surface area contributed by atoms with Crippen LogP contribution >= 0.6 is 23.2 Å². The average Bonchev–Trinajstić information content (AvgIpc) is 2.84. The summed E-state index contributed by atoms with van der Waals surface area (Å²) in [5.41, 5.74) is 0.331. The zero-order valence-electron chi connectivity index (χ0n) is 20.3. The predicted molar refractivity (Wildman–Crippen MR) is 140 cm³/mol. The van der Waals surface area contributed by atoms with E-state index in [0.717, 1.165) is 6.07 Å². The van der Waals surface area contributed by atoms with Gasteiger partial charge in [-0.1, -0.05) is 59.3 Å². The van der Waals surface area contributed by atoms with E-state index in [1.54, 1.807) is 37.3 Å². The number of aryl methyl sites for hydroxylation is 1. The third-order valence-corrected chi connectivity index (χ3v) is 7.07. The number of halogens is 2. The number of carbonyl (C=O) groups is 1. The molecule has 0 saturated carbocycles. The molecule has 0 radical (unpaired) electrons. The van der Waals surface area contributed by atoms with Gasteiger partial charge in [-0.15, -0.1) is 5.11 Å². The van der Waals surface area contributed by atoms with Crippen LogP contribution in [0.3, 0.4) is 0 Å². The Morgan fingerprint density at radius 2 is 1.71 bits per heavy atom. The van der Waals surface area contributed by atoms with Gasteiger partial charge in [0.25, 0.3) is 16.0 Å². The number of methoxy groups -OCH3 is 1. The van der Waals surface area contributed by atoms with Gasteiger partial charge in [-0.3, -0.25) is 9.35 Å². The maximum Gasteiger partial charge on any atom is 1.00 e. The minimum Gasteiger partial charge on any atom is -0.870 e. The Kier molecular flexibility index (Phi) is 9.43. The molecule has 4 rings (SSSR count). The molecule has 4 aromatic rings. The molecule has 2 N–H and O–H groups in total. The Hall–Kier alpha value is -2.70. The molecule has 9 nitrogen and oxygen atoms in total. The fourth-order valence-electron chi connectivity index (χ4n) is 3.60. The van der Waals surface area contributed by atoms with Crippen LogP contribution in [0.1, 0.15) is 15.9 Å². The summed E-state index contributed by atoms with van der Waals surface area (Å²) < 4.78 is 38.0. The zero-order chi connectivity index (χ0) is 26.9. The Morgan fingerprint density at radius 1 is 1.03 bits per heavy atom. The molecule has 0 aliphatic heterocycles. The van der Waals surface area contributed by atoms with Crippen LogP contribution in [-0.2, 0) is 10.1 Å². The fourth-order valence-corrected chi connectivity index (χ4v) is 4.87. The van der Waals surface area contributed by atoms with Crippen molar-refractivity contribution in [1.29, 1.82) is 0 Å². The van der Waals surface area contributed by atoms with Crippen molar-refractivity contribution in [3.05, 3.63) is 81.8 Å². The molecule has 1 amide bonds. The SMILES string of the molecule is COc1cc(Cl)ccc1NC(=O)c1cc2ccccc2c(N=Nc2c(C)ccc(S(=O)(=O)O)c2Cl)c1[O-].[Na+]. The molecule has 0 fully saturated rings. The molecule has 0 aliphatic carbocycles. The molecule has 0 aromatic heterocycles. The number of carbonyl (C=O) groups excluding carboxylic acids is 1. The maximum absolute atomic E-state index is 13.4. The van der Waals surface area contributed by atoms with E-state index in [4.69, 9.17) is 27.9 Å². The quantitative estimate of drug-likeness (QED) is 0.203. The number of amides is 1. The van der Waals surface area contributed by atoms with Crippen LogP contribution in [0.5, 0.6) is 11.5 Å². The third-order valence-electron chi connectivity index (χ3n) is 5.44. The average molecular weight is 582 g/mol.